The molecule has 2 rings (SSSR count). The first kappa shape index (κ1) is 16.0. The fraction of sp³-hybridized carbons (Fsp3) is 0.733. The molecule has 1 atom stereocenters. The van der Waals surface area contributed by atoms with Crippen molar-refractivity contribution >= 4 is 0 Å². The Morgan fingerprint density at radius 2 is 2.10 bits per heavy atom. The van der Waals surface area contributed by atoms with Crippen LogP contribution in [0, 0.1) is 5.92 Å². The van der Waals surface area contributed by atoms with Crippen molar-refractivity contribution in [3.05, 3.63) is 11.9 Å². The maximum Gasteiger partial charge on any atom is 0.240 e. The van der Waals surface area contributed by atoms with E-state index in [0.29, 0.717) is 23.8 Å². The molecule has 1 saturated carbocycles. The SMILES string of the molecule is CCOC1CC(CC(NC)c2ncc(OC)nc2OC)C1. The Hall–Kier alpha value is -1.40. The highest BCUT2D eigenvalue weighted by Gasteiger charge is 2.32. The third kappa shape index (κ3) is 3.83. The second kappa shape index (κ2) is 7.56. The normalized spacial score (nSPS) is 22.5. The van der Waals surface area contributed by atoms with Crippen LogP contribution in [0.25, 0.3) is 0 Å². The molecule has 1 aromatic heterocycles. The van der Waals surface area contributed by atoms with Gasteiger partial charge >= 0.3 is 0 Å². The van der Waals surface area contributed by atoms with Gasteiger partial charge < -0.3 is 19.5 Å². The zero-order chi connectivity index (χ0) is 15.2. The van der Waals surface area contributed by atoms with Gasteiger partial charge in [-0.05, 0) is 39.2 Å². The average Bonchev–Trinajstić information content (AvgIpc) is 2.49. The number of hydrogen-bond donors (Lipinski definition) is 1. The molecule has 0 radical (unpaired) electrons. The summed E-state index contributed by atoms with van der Waals surface area (Å²) < 4.78 is 16.0. The van der Waals surface area contributed by atoms with Crippen LogP contribution < -0.4 is 14.8 Å². The van der Waals surface area contributed by atoms with Gasteiger partial charge in [0.25, 0.3) is 0 Å². The van der Waals surface area contributed by atoms with Gasteiger partial charge in [-0.1, -0.05) is 0 Å². The van der Waals surface area contributed by atoms with Crippen molar-refractivity contribution in [2.45, 2.75) is 38.3 Å². The first-order valence-electron chi connectivity index (χ1n) is 7.45. The highest BCUT2D eigenvalue weighted by Crippen LogP contribution is 2.38. The maximum atomic E-state index is 5.61. The molecular formula is C15H25N3O3. The first-order valence-corrected chi connectivity index (χ1v) is 7.45. The number of aromatic nitrogens is 2. The molecule has 0 aliphatic heterocycles. The monoisotopic (exact) mass is 295 g/mol. The van der Waals surface area contributed by atoms with Crippen LogP contribution in [0.2, 0.25) is 0 Å². The first-order chi connectivity index (χ1) is 10.2. The molecule has 1 aromatic rings. The molecule has 1 aliphatic rings. The van der Waals surface area contributed by atoms with Gasteiger partial charge in [-0.15, -0.1) is 0 Å². The molecule has 6 nitrogen and oxygen atoms in total. The lowest BCUT2D eigenvalue weighted by Crippen LogP contribution is -2.34. The Morgan fingerprint density at radius 3 is 2.67 bits per heavy atom. The van der Waals surface area contributed by atoms with E-state index in [-0.39, 0.29) is 6.04 Å². The van der Waals surface area contributed by atoms with Gasteiger partial charge in [0.2, 0.25) is 11.8 Å². The maximum absolute atomic E-state index is 5.61. The van der Waals surface area contributed by atoms with Crippen molar-refractivity contribution in [2.24, 2.45) is 5.92 Å². The van der Waals surface area contributed by atoms with Gasteiger partial charge in [-0.3, -0.25) is 0 Å². The summed E-state index contributed by atoms with van der Waals surface area (Å²) in [4.78, 5) is 8.75. The minimum Gasteiger partial charge on any atom is -0.480 e. The van der Waals surface area contributed by atoms with Crippen molar-refractivity contribution in [3.63, 3.8) is 0 Å². The molecule has 1 heterocycles. The lowest BCUT2D eigenvalue weighted by molar-refractivity contribution is -0.0291. The summed E-state index contributed by atoms with van der Waals surface area (Å²) in [5.74, 6) is 1.65. The second-order valence-corrected chi connectivity index (χ2v) is 5.30. The summed E-state index contributed by atoms with van der Waals surface area (Å²) >= 11 is 0. The van der Waals surface area contributed by atoms with Gasteiger partial charge in [0, 0.05) is 6.61 Å². The summed E-state index contributed by atoms with van der Waals surface area (Å²) in [6, 6.07) is 0.130. The van der Waals surface area contributed by atoms with Gasteiger partial charge in [-0.2, -0.15) is 4.98 Å². The molecule has 1 fully saturated rings. The average molecular weight is 295 g/mol. The number of ether oxygens (including phenoxy) is 3. The largest absolute Gasteiger partial charge is 0.480 e. The van der Waals surface area contributed by atoms with E-state index in [9.17, 15) is 0 Å². The standard InChI is InChI=1S/C15H25N3O3/c1-5-21-11-6-10(7-11)8-12(16-2)14-15(20-4)18-13(19-3)9-17-14/h9-12,16H,5-8H2,1-4H3. The fourth-order valence-electron chi connectivity index (χ4n) is 2.79. The summed E-state index contributed by atoms with van der Waals surface area (Å²) in [5, 5.41) is 3.31. The van der Waals surface area contributed by atoms with E-state index in [1.54, 1.807) is 20.4 Å². The number of methoxy groups -OCH3 is 2. The van der Waals surface area contributed by atoms with Crippen molar-refractivity contribution in [1.82, 2.24) is 15.3 Å². The minimum absolute atomic E-state index is 0.130. The predicted octanol–water partition coefficient (Wildman–Crippen LogP) is 1.96. The Morgan fingerprint density at radius 1 is 1.33 bits per heavy atom. The van der Waals surface area contributed by atoms with Crippen LogP contribution in [-0.2, 0) is 4.74 Å². The zero-order valence-electron chi connectivity index (χ0n) is 13.3. The number of nitrogens with one attached hydrogen (secondary N) is 1. The smallest absolute Gasteiger partial charge is 0.240 e. The highest BCUT2D eigenvalue weighted by molar-refractivity contribution is 5.25. The molecule has 0 amide bonds. The fourth-order valence-corrected chi connectivity index (χ4v) is 2.79. The van der Waals surface area contributed by atoms with Crippen LogP contribution in [0.3, 0.4) is 0 Å². The summed E-state index contributed by atoms with van der Waals surface area (Å²) in [6.45, 7) is 2.84. The Labute approximate surface area is 126 Å². The van der Waals surface area contributed by atoms with Crippen molar-refractivity contribution < 1.29 is 14.2 Å². The third-order valence-corrected chi connectivity index (χ3v) is 3.99. The van der Waals surface area contributed by atoms with E-state index in [1.807, 2.05) is 14.0 Å². The van der Waals surface area contributed by atoms with Crippen LogP contribution in [0.1, 0.15) is 37.9 Å². The van der Waals surface area contributed by atoms with Crippen LogP contribution in [0.5, 0.6) is 11.8 Å². The van der Waals surface area contributed by atoms with Gasteiger partial charge in [0.15, 0.2) is 0 Å². The number of nitrogens with zero attached hydrogens (tertiary/aromatic N) is 2. The quantitative estimate of drug-likeness (QED) is 0.791. The molecule has 0 saturated heterocycles. The molecule has 0 bridgehead atoms. The van der Waals surface area contributed by atoms with E-state index in [4.69, 9.17) is 14.2 Å². The highest BCUT2D eigenvalue weighted by atomic mass is 16.5. The molecule has 1 unspecified atom stereocenters. The van der Waals surface area contributed by atoms with Crippen LogP contribution in [-0.4, -0.2) is 43.9 Å². The number of hydrogen-bond acceptors (Lipinski definition) is 6. The molecule has 6 heteroatoms. The lowest BCUT2D eigenvalue weighted by Gasteiger charge is -2.36. The molecular weight excluding hydrogens is 270 g/mol. The summed E-state index contributed by atoms with van der Waals surface area (Å²) in [5.41, 5.74) is 0.834. The lowest BCUT2D eigenvalue weighted by atomic mass is 9.77. The molecule has 21 heavy (non-hydrogen) atoms. The van der Waals surface area contributed by atoms with E-state index >= 15 is 0 Å². The zero-order valence-corrected chi connectivity index (χ0v) is 13.3. The summed E-state index contributed by atoms with van der Waals surface area (Å²) in [6.07, 6.45) is 5.32. The second-order valence-electron chi connectivity index (χ2n) is 5.30. The molecule has 1 N–H and O–H groups in total. The third-order valence-electron chi connectivity index (χ3n) is 3.99. The Bertz CT molecular complexity index is 450. The summed E-state index contributed by atoms with van der Waals surface area (Å²) in [7, 11) is 5.11. The van der Waals surface area contributed by atoms with Gasteiger partial charge in [0.1, 0.15) is 5.69 Å². The van der Waals surface area contributed by atoms with Gasteiger partial charge in [-0.25, -0.2) is 4.98 Å². The van der Waals surface area contributed by atoms with Crippen LogP contribution >= 0.6 is 0 Å². The molecule has 118 valence electrons. The minimum atomic E-state index is 0.130. The predicted molar refractivity (Wildman–Crippen MR) is 79.7 cm³/mol. The van der Waals surface area contributed by atoms with Gasteiger partial charge in [0.05, 0.1) is 32.6 Å². The van der Waals surface area contributed by atoms with E-state index in [0.717, 1.165) is 31.6 Å². The molecule has 1 aliphatic carbocycles. The van der Waals surface area contributed by atoms with E-state index in [1.165, 1.54) is 0 Å². The van der Waals surface area contributed by atoms with E-state index < -0.39 is 0 Å². The van der Waals surface area contributed by atoms with Crippen LogP contribution in [0.4, 0.5) is 0 Å². The van der Waals surface area contributed by atoms with E-state index in [2.05, 4.69) is 15.3 Å². The van der Waals surface area contributed by atoms with Crippen molar-refractivity contribution in [3.8, 4) is 11.8 Å². The Balaban J connectivity index is 2.01. The molecule has 0 aromatic carbocycles. The van der Waals surface area contributed by atoms with Crippen molar-refractivity contribution in [1.29, 1.82) is 0 Å². The molecule has 0 spiro atoms. The topological polar surface area (TPSA) is 65.5 Å². The number of rotatable bonds is 8. The van der Waals surface area contributed by atoms with Crippen LogP contribution in [0.15, 0.2) is 6.20 Å². The Kier molecular flexibility index (Phi) is 5.76. The van der Waals surface area contributed by atoms with Crippen molar-refractivity contribution in [2.75, 3.05) is 27.9 Å².